The molecule has 1 aromatic heterocycles. The second kappa shape index (κ2) is 7.21. The van der Waals surface area contributed by atoms with E-state index in [2.05, 4.69) is 16.8 Å². The van der Waals surface area contributed by atoms with Crippen molar-refractivity contribution in [2.45, 2.75) is 20.3 Å². The summed E-state index contributed by atoms with van der Waals surface area (Å²) in [5.41, 5.74) is 1.53. The molecule has 0 bridgehead atoms. The molecule has 1 aliphatic rings. The van der Waals surface area contributed by atoms with Crippen molar-refractivity contribution >= 4 is 22.4 Å². The molecule has 128 valence electrons. The lowest BCUT2D eigenvalue weighted by atomic mass is 9.87. The van der Waals surface area contributed by atoms with Crippen LogP contribution in [0, 0.1) is 11.8 Å². The number of carbonyl (C=O) groups excluding carboxylic acids is 1. The van der Waals surface area contributed by atoms with E-state index in [0.717, 1.165) is 35.9 Å². The topological polar surface area (TPSA) is 62.7 Å². The minimum absolute atomic E-state index is 0.0289. The number of para-hydroxylation sites is 1. The molecule has 6 heteroatoms. The van der Waals surface area contributed by atoms with E-state index in [0.29, 0.717) is 6.61 Å². The van der Waals surface area contributed by atoms with Crippen molar-refractivity contribution in [3.8, 4) is 17.0 Å². The summed E-state index contributed by atoms with van der Waals surface area (Å²) in [6, 6.07) is 7.22. The molecule has 0 radical (unpaired) electrons. The van der Waals surface area contributed by atoms with Crippen LogP contribution in [-0.4, -0.2) is 35.8 Å². The van der Waals surface area contributed by atoms with Crippen molar-refractivity contribution < 1.29 is 14.6 Å². The van der Waals surface area contributed by atoms with Gasteiger partial charge >= 0.3 is 5.97 Å². The number of rotatable bonds is 4. The van der Waals surface area contributed by atoms with Crippen LogP contribution in [0.3, 0.4) is 0 Å². The number of phenols is 1. The van der Waals surface area contributed by atoms with Crippen molar-refractivity contribution in [2.24, 2.45) is 11.8 Å². The molecule has 5 nitrogen and oxygen atoms in total. The van der Waals surface area contributed by atoms with Gasteiger partial charge in [0.1, 0.15) is 5.75 Å². The van der Waals surface area contributed by atoms with E-state index >= 15 is 0 Å². The van der Waals surface area contributed by atoms with E-state index < -0.39 is 0 Å². The molecule has 0 aliphatic carbocycles. The molecule has 2 aromatic rings. The number of hydrogen-bond acceptors (Lipinski definition) is 6. The molecule has 1 aliphatic heterocycles. The van der Waals surface area contributed by atoms with Crippen LogP contribution >= 0.6 is 11.3 Å². The van der Waals surface area contributed by atoms with E-state index in [1.807, 2.05) is 24.4 Å². The van der Waals surface area contributed by atoms with Gasteiger partial charge in [0.05, 0.1) is 18.2 Å². The summed E-state index contributed by atoms with van der Waals surface area (Å²) in [4.78, 5) is 18.9. The van der Waals surface area contributed by atoms with Crippen LogP contribution in [0.4, 0.5) is 5.13 Å². The van der Waals surface area contributed by atoms with Gasteiger partial charge in [0, 0.05) is 24.0 Å². The fraction of sp³-hybridized carbons (Fsp3) is 0.444. The minimum Gasteiger partial charge on any atom is -0.507 e. The monoisotopic (exact) mass is 346 g/mol. The number of hydrogen-bond donors (Lipinski definition) is 1. The third kappa shape index (κ3) is 3.38. The molecule has 2 heterocycles. The first kappa shape index (κ1) is 16.8. The van der Waals surface area contributed by atoms with Gasteiger partial charge in [-0.3, -0.25) is 4.79 Å². The fourth-order valence-corrected chi connectivity index (χ4v) is 4.00. The molecule has 0 saturated carbocycles. The normalized spacial score (nSPS) is 20.8. The molecule has 0 spiro atoms. The molecule has 0 amide bonds. The lowest BCUT2D eigenvalue weighted by Gasteiger charge is -2.35. The Morgan fingerprint density at radius 2 is 2.25 bits per heavy atom. The van der Waals surface area contributed by atoms with E-state index in [1.165, 1.54) is 0 Å². The number of piperidine rings is 1. The van der Waals surface area contributed by atoms with Crippen molar-refractivity contribution in [3.05, 3.63) is 29.6 Å². The Balaban J connectivity index is 1.71. The molecule has 2 atom stereocenters. The summed E-state index contributed by atoms with van der Waals surface area (Å²) >= 11 is 1.57. The molecule has 1 saturated heterocycles. The first-order valence-corrected chi connectivity index (χ1v) is 9.13. The van der Waals surface area contributed by atoms with Crippen LogP contribution in [-0.2, 0) is 9.53 Å². The van der Waals surface area contributed by atoms with Crippen LogP contribution in [0.25, 0.3) is 11.3 Å². The van der Waals surface area contributed by atoms with Gasteiger partial charge in [0.15, 0.2) is 5.13 Å². The standard InChI is InChI=1S/C18H22N2O3S/c1-3-23-17(22)13-8-9-20(10-12(13)2)18-19-15(11-24-18)14-6-4-5-7-16(14)21/h4-7,11-13,21H,3,8-10H2,1-2H3. The highest BCUT2D eigenvalue weighted by atomic mass is 32.1. The lowest BCUT2D eigenvalue weighted by Crippen LogP contribution is -2.42. The second-order valence-corrected chi connectivity index (χ2v) is 6.94. The second-order valence-electron chi connectivity index (χ2n) is 6.10. The SMILES string of the molecule is CCOC(=O)C1CCN(c2nc(-c3ccccc3O)cs2)CC1C. The first-order chi connectivity index (χ1) is 11.6. The molecule has 1 aromatic carbocycles. The molecule has 24 heavy (non-hydrogen) atoms. The van der Waals surface area contributed by atoms with Crippen molar-refractivity contribution in [1.82, 2.24) is 4.98 Å². The maximum absolute atomic E-state index is 12.0. The first-order valence-electron chi connectivity index (χ1n) is 8.25. The van der Waals surface area contributed by atoms with Crippen molar-refractivity contribution in [3.63, 3.8) is 0 Å². The van der Waals surface area contributed by atoms with Gasteiger partial charge in [-0.15, -0.1) is 11.3 Å². The van der Waals surface area contributed by atoms with E-state index in [1.54, 1.807) is 23.5 Å². The molecule has 3 rings (SSSR count). The number of phenolic OH excluding ortho intramolecular Hbond substituents is 1. The zero-order valence-corrected chi connectivity index (χ0v) is 14.8. The molecule has 1 fully saturated rings. The fourth-order valence-electron chi connectivity index (χ4n) is 3.14. The molecule has 2 unspecified atom stereocenters. The van der Waals surface area contributed by atoms with Gasteiger partial charge in [-0.2, -0.15) is 0 Å². The Kier molecular flexibility index (Phi) is 5.04. The summed E-state index contributed by atoms with van der Waals surface area (Å²) in [5.74, 6) is 0.358. The smallest absolute Gasteiger partial charge is 0.309 e. The Morgan fingerprint density at radius 1 is 1.46 bits per heavy atom. The highest BCUT2D eigenvalue weighted by Gasteiger charge is 2.33. The van der Waals surface area contributed by atoms with E-state index in [4.69, 9.17) is 4.74 Å². The molecular formula is C18H22N2O3S. The maximum Gasteiger partial charge on any atom is 0.309 e. The van der Waals surface area contributed by atoms with Crippen LogP contribution in [0.2, 0.25) is 0 Å². The Morgan fingerprint density at radius 3 is 2.96 bits per heavy atom. The van der Waals surface area contributed by atoms with Crippen LogP contribution in [0.5, 0.6) is 5.75 Å². The van der Waals surface area contributed by atoms with Crippen LogP contribution in [0.1, 0.15) is 20.3 Å². The number of aromatic nitrogens is 1. The summed E-state index contributed by atoms with van der Waals surface area (Å²) in [6.45, 7) is 5.94. The third-order valence-corrected chi connectivity index (χ3v) is 5.34. The van der Waals surface area contributed by atoms with Gasteiger partial charge in [0.25, 0.3) is 0 Å². The lowest BCUT2D eigenvalue weighted by molar-refractivity contribution is -0.150. The number of nitrogens with zero attached hydrogens (tertiary/aromatic N) is 2. The van der Waals surface area contributed by atoms with Gasteiger partial charge < -0.3 is 14.7 Å². The molecular weight excluding hydrogens is 324 g/mol. The predicted octanol–water partition coefficient (Wildman–Crippen LogP) is 3.54. The highest BCUT2D eigenvalue weighted by molar-refractivity contribution is 7.14. The summed E-state index contributed by atoms with van der Waals surface area (Å²) in [5, 5.41) is 12.9. The minimum atomic E-state index is -0.0846. The van der Waals surface area contributed by atoms with E-state index in [-0.39, 0.29) is 23.6 Å². The maximum atomic E-state index is 12.0. The third-order valence-electron chi connectivity index (χ3n) is 4.44. The zero-order chi connectivity index (χ0) is 17.1. The summed E-state index contributed by atoms with van der Waals surface area (Å²) in [7, 11) is 0. The van der Waals surface area contributed by atoms with Gasteiger partial charge in [-0.25, -0.2) is 4.98 Å². The Bertz CT molecular complexity index is 716. The van der Waals surface area contributed by atoms with Crippen molar-refractivity contribution in [2.75, 3.05) is 24.6 Å². The van der Waals surface area contributed by atoms with Crippen molar-refractivity contribution in [1.29, 1.82) is 0 Å². The zero-order valence-electron chi connectivity index (χ0n) is 13.9. The number of carbonyl (C=O) groups is 1. The number of anilines is 1. The summed E-state index contributed by atoms with van der Waals surface area (Å²) < 4.78 is 5.17. The Hall–Kier alpha value is -2.08. The van der Waals surface area contributed by atoms with Gasteiger partial charge in [-0.05, 0) is 31.4 Å². The van der Waals surface area contributed by atoms with Gasteiger partial charge in [-0.1, -0.05) is 19.1 Å². The van der Waals surface area contributed by atoms with Crippen LogP contribution < -0.4 is 4.90 Å². The number of ether oxygens (including phenoxy) is 1. The number of aromatic hydroxyl groups is 1. The molecule has 1 N–H and O–H groups in total. The van der Waals surface area contributed by atoms with Crippen LogP contribution in [0.15, 0.2) is 29.6 Å². The number of esters is 1. The average Bonchev–Trinajstić information content (AvgIpc) is 3.05. The van der Waals surface area contributed by atoms with E-state index in [9.17, 15) is 9.90 Å². The van der Waals surface area contributed by atoms with Gasteiger partial charge in [0.2, 0.25) is 0 Å². The predicted molar refractivity (Wildman–Crippen MR) is 95.3 cm³/mol. The largest absolute Gasteiger partial charge is 0.507 e. The average molecular weight is 346 g/mol. The number of thiazole rings is 1. The quantitative estimate of drug-likeness (QED) is 0.858. The number of benzene rings is 1. The Labute approximate surface area is 145 Å². The highest BCUT2D eigenvalue weighted by Crippen LogP contribution is 2.35. The summed E-state index contributed by atoms with van der Waals surface area (Å²) in [6.07, 6.45) is 0.783.